The number of aromatic amines is 1. The second kappa shape index (κ2) is 10.1. The van der Waals surface area contributed by atoms with Crippen molar-refractivity contribution in [1.82, 2.24) is 14.6 Å². The van der Waals surface area contributed by atoms with Gasteiger partial charge in [0.25, 0.3) is 5.56 Å². The largest absolute Gasteiger partial charge is 0.468 e. The summed E-state index contributed by atoms with van der Waals surface area (Å²) in [4.78, 5) is 37.0. The number of hydrogen-bond donors (Lipinski definition) is 2. The van der Waals surface area contributed by atoms with Gasteiger partial charge < -0.3 is 14.0 Å². The molecule has 1 saturated heterocycles. The SMILES string of the molecule is COC(=O)CNP(=O)(OCC1CC(C)C(n2ccc(=O)[nH]c2=O)O1)Oc1ccccc1. The molecule has 31 heavy (non-hydrogen) atoms. The lowest BCUT2D eigenvalue weighted by Crippen LogP contribution is -2.33. The van der Waals surface area contributed by atoms with Gasteiger partial charge >= 0.3 is 19.4 Å². The molecule has 0 aliphatic carbocycles. The number of carbonyl (C=O) groups is 1. The predicted octanol–water partition coefficient (Wildman–Crippen LogP) is 1.43. The van der Waals surface area contributed by atoms with Crippen molar-refractivity contribution in [2.24, 2.45) is 5.92 Å². The number of hydrogen-bond acceptors (Lipinski definition) is 8. The number of ether oxygens (including phenoxy) is 2. The number of methoxy groups -OCH3 is 1. The van der Waals surface area contributed by atoms with Gasteiger partial charge in [-0.25, -0.2) is 14.4 Å². The van der Waals surface area contributed by atoms with E-state index in [0.29, 0.717) is 12.2 Å². The zero-order chi connectivity index (χ0) is 22.4. The normalized spacial score (nSPS) is 22.6. The fourth-order valence-corrected chi connectivity index (χ4v) is 4.42. The molecule has 1 aromatic heterocycles. The molecule has 0 saturated carbocycles. The average molecular weight is 453 g/mol. The molecule has 1 aromatic carbocycles. The third-order valence-electron chi connectivity index (χ3n) is 4.62. The molecule has 3 rings (SSSR count). The predicted molar refractivity (Wildman–Crippen MR) is 110 cm³/mol. The van der Waals surface area contributed by atoms with E-state index in [2.05, 4.69) is 14.8 Å². The van der Waals surface area contributed by atoms with Crippen LogP contribution in [0.4, 0.5) is 0 Å². The molecule has 1 aliphatic rings. The smallest absolute Gasteiger partial charge is 0.459 e. The fourth-order valence-electron chi connectivity index (χ4n) is 3.13. The number of nitrogens with one attached hydrogen (secondary N) is 2. The minimum Gasteiger partial charge on any atom is -0.468 e. The van der Waals surface area contributed by atoms with Crippen LogP contribution in [0.1, 0.15) is 19.6 Å². The van der Waals surface area contributed by atoms with Gasteiger partial charge in [-0.15, -0.1) is 0 Å². The topological polar surface area (TPSA) is 138 Å². The molecule has 0 radical (unpaired) electrons. The van der Waals surface area contributed by atoms with Gasteiger partial charge in [0.2, 0.25) is 0 Å². The van der Waals surface area contributed by atoms with Gasteiger partial charge in [0, 0.05) is 18.2 Å². The number of aromatic nitrogens is 2. The third kappa shape index (κ3) is 6.14. The van der Waals surface area contributed by atoms with Gasteiger partial charge in [-0.1, -0.05) is 25.1 Å². The van der Waals surface area contributed by atoms with Crippen molar-refractivity contribution in [3.8, 4) is 5.75 Å². The Morgan fingerprint density at radius 2 is 2.03 bits per heavy atom. The van der Waals surface area contributed by atoms with E-state index in [1.165, 1.54) is 23.9 Å². The molecule has 11 nitrogen and oxygen atoms in total. The Bertz CT molecular complexity index is 1050. The first-order valence-corrected chi connectivity index (χ1v) is 11.1. The molecule has 0 bridgehead atoms. The van der Waals surface area contributed by atoms with E-state index in [9.17, 15) is 18.9 Å². The Morgan fingerprint density at radius 3 is 2.71 bits per heavy atom. The number of rotatable bonds is 9. The van der Waals surface area contributed by atoms with Crippen molar-refractivity contribution in [2.45, 2.75) is 25.7 Å². The third-order valence-corrected chi connectivity index (χ3v) is 6.11. The van der Waals surface area contributed by atoms with Crippen LogP contribution in [0.2, 0.25) is 0 Å². The van der Waals surface area contributed by atoms with E-state index < -0.39 is 37.3 Å². The van der Waals surface area contributed by atoms with E-state index in [0.717, 1.165) is 0 Å². The summed E-state index contributed by atoms with van der Waals surface area (Å²) < 4.78 is 35.9. The maximum absolute atomic E-state index is 13.2. The van der Waals surface area contributed by atoms with Crippen LogP contribution in [0.3, 0.4) is 0 Å². The Balaban J connectivity index is 1.67. The standard InChI is InChI=1S/C19H24N3O8P/c1-13-10-15(29-18(13)22-9-8-16(23)21-19(22)25)12-28-31(26,20-11-17(24)27-2)30-14-6-4-3-5-7-14/h3-9,13,15,18H,10-12H2,1-2H3,(H,20,26)(H,21,23,25). The summed E-state index contributed by atoms with van der Waals surface area (Å²) in [5, 5.41) is 2.47. The summed E-state index contributed by atoms with van der Waals surface area (Å²) in [7, 11) is -2.73. The minimum absolute atomic E-state index is 0.0744. The van der Waals surface area contributed by atoms with Crippen LogP contribution in [0.15, 0.2) is 52.2 Å². The van der Waals surface area contributed by atoms with Gasteiger partial charge in [-0.3, -0.25) is 23.7 Å². The van der Waals surface area contributed by atoms with Crippen molar-refractivity contribution in [3.63, 3.8) is 0 Å². The van der Waals surface area contributed by atoms with E-state index in [1.54, 1.807) is 30.3 Å². The maximum atomic E-state index is 13.2. The molecule has 4 atom stereocenters. The molecule has 2 heterocycles. The van der Waals surface area contributed by atoms with Crippen molar-refractivity contribution < 1.29 is 27.9 Å². The lowest BCUT2D eigenvalue weighted by Gasteiger charge is -2.21. The Kier molecular flexibility index (Phi) is 7.45. The van der Waals surface area contributed by atoms with Crippen LogP contribution >= 0.6 is 7.75 Å². The van der Waals surface area contributed by atoms with E-state index >= 15 is 0 Å². The number of benzene rings is 1. The van der Waals surface area contributed by atoms with Gasteiger partial charge in [-0.05, 0) is 18.6 Å². The minimum atomic E-state index is -3.94. The zero-order valence-electron chi connectivity index (χ0n) is 17.1. The summed E-state index contributed by atoms with van der Waals surface area (Å²) in [5.74, 6) is -0.417. The summed E-state index contributed by atoms with van der Waals surface area (Å²) >= 11 is 0. The molecule has 1 fully saturated rings. The molecule has 1 aliphatic heterocycles. The van der Waals surface area contributed by atoms with Crippen molar-refractivity contribution in [3.05, 3.63) is 63.4 Å². The Labute approximate surface area is 177 Å². The molecule has 12 heteroatoms. The second-order valence-electron chi connectivity index (χ2n) is 6.99. The first kappa shape index (κ1) is 23.0. The highest BCUT2D eigenvalue weighted by Crippen LogP contribution is 2.45. The molecular formula is C19H24N3O8P. The number of esters is 1. The number of H-pyrrole nitrogens is 1. The highest BCUT2D eigenvalue weighted by atomic mass is 31.2. The molecule has 2 N–H and O–H groups in total. The molecule has 2 aromatic rings. The van der Waals surface area contributed by atoms with Crippen LogP contribution in [0.25, 0.3) is 0 Å². The summed E-state index contributed by atoms with van der Waals surface area (Å²) in [6.45, 7) is 1.40. The average Bonchev–Trinajstić information content (AvgIpc) is 3.12. The zero-order valence-corrected chi connectivity index (χ0v) is 17.9. The number of nitrogens with zero attached hydrogens (tertiary/aromatic N) is 1. The van der Waals surface area contributed by atoms with Crippen LogP contribution in [-0.2, 0) is 23.4 Å². The molecule has 168 valence electrons. The lowest BCUT2D eigenvalue weighted by molar-refractivity contribution is -0.139. The maximum Gasteiger partial charge on any atom is 0.459 e. The quantitative estimate of drug-likeness (QED) is 0.426. The van der Waals surface area contributed by atoms with Crippen molar-refractivity contribution in [1.29, 1.82) is 0 Å². The number of para-hydroxylation sites is 1. The van der Waals surface area contributed by atoms with Gasteiger partial charge in [0.15, 0.2) is 0 Å². The monoisotopic (exact) mass is 453 g/mol. The van der Waals surface area contributed by atoms with Crippen molar-refractivity contribution in [2.75, 3.05) is 20.3 Å². The van der Waals surface area contributed by atoms with Crippen LogP contribution in [-0.4, -0.2) is 41.9 Å². The van der Waals surface area contributed by atoms with Gasteiger partial charge in [-0.2, -0.15) is 0 Å². The van der Waals surface area contributed by atoms with Gasteiger partial charge in [0.1, 0.15) is 18.5 Å². The Morgan fingerprint density at radius 1 is 1.29 bits per heavy atom. The van der Waals surface area contributed by atoms with Crippen LogP contribution in [0.5, 0.6) is 5.75 Å². The molecule has 4 unspecified atom stereocenters. The molecule has 0 spiro atoms. The summed E-state index contributed by atoms with van der Waals surface area (Å²) in [6.07, 6.45) is 0.771. The first-order chi connectivity index (χ1) is 14.8. The molecule has 0 amide bonds. The fraction of sp³-hybridized carbons (Fsp3) is 0.421. The highest BCUT2D eigenvalue weighted by molar-refractivity contribution is 7.52. The van der Waals surface area contributed by atoms with Crippen LogP contribution < -0.4 is 20.9 Å². The first-order valence-electron chi connectivity index (χ1n) is 9.58. The lowest BCUT2D eigenvalue weighted by atomic mass is 10.1. The highest BCUT2D eigenvalue weighted by Gasteiger charge is 2.37. The molecular weight excluding hydrogens is 429 g/mol. The number of carbonyl (C=O) groups excluding carboxylic acids is 1. The Hall–Kier alpha value is -2.72. The van der Waals surface area contributed by atoms with E-state index in [4.69, 9.17) is 13.8 Å². The summed E-state index contributed by atoms with van der Waals surface area (Å²) in [5.41, 5.74) is -1.08. The van der Waals surface area contributed by atoms with Crippen molar-refractivity contribution >= 4 is 13.7 Å². The van der Waals surface area contributed by atoms with Gasteiger partial charge in [0.05, 0.1) is 19.8 Å². The second-order valence-corrected chi connectivity index (χ2v) is 8.74. The summed E-state index contributed by atoms with van der Waals surface area (Å²) in [6, 6.07) is 9.61. The van der Waals surface area contributed by atoms with Crippen LogP contribution in [0, 0.1) is 5.92 Å². The van der Waals surface area contributed by atoms with E-state index in [1.807, 2.05) is 6.92 Å². The van der Waals surface area contributed by atoms with E-state index in [-0.39, 0.29) is 19.1 Å².